The molecule has 0 bridgehead atoms. The molecule has 0 spiro atoms. The molecule has 2 aromatic rings. The molecule has 0 atom stereocenters. The molecule has 0 unspecified atom stereocenters. The van der Waals surface area contributed by atoms with Crippen molar-refractivity contribution in [3.63, 3.8) is 0 Å². The van der Waals surface area contributed by atoms with Crippen molar-refractivity contribution in [2.45, 2.75) is 32.2 Å². The van der Waals surface area contributed by atoms with Gasteiger partial charge in [0.1, 0.15) is 18.3 Å². The summed E-state index contributed by atoms with van der Waals surface area (Å²) in [6.45, 7) is 4.42. The molecule has 1 aliphatic rings. The maximum absolute atomic E-state index is 13.1. The number of amides is 1. The van der Waals surface area contributed by atoms with E-state index in [1.807, 2.05) is 11.8 Å². The highest BCUT2D eigenvalue weighted by Crippen LogP contribution is 2.25. The first-order valence-electron chi connectivity index (χ1n) is 8.77. The molecular weight excluding hydrogens is 372 g/mol. The third kappa shape index (κ3) is 4.61. The van der Waals surface area contributed by atoms with Gasteiger partial charge in [0.25, 0.3) is 11.6 Å². The minimum Gasteiger partial charge on any atom is -0.336 e. The standard InChI is InChI=1S/C17H22N6O3.ClH/c1-2-9-21(14-5-7-18-8-6-14)17(24)13-3-4-15(16(10-13)23(25)26)22-12-19-11-20-22;/h3-4,10-12,14,18H,2,5-9H2,1H3;1H. The molecule has 9 nitrogen and oxygen atoms in total. The van der Waals surface area contributed by atoms with Gasteiger partial charge in [0.15, 0.2) is 0 Å². The van der Waals surface area contributed by atoms with Crippen LogP contribution in [0.25, 0.3) is 5.69 Å². The van der Waals surface area contributed by atoms with E-state index in [0.29, 0.717) is 12.1 Å². The number of nitrogens with one attached hydrogen (secondary N) is 1. The average molecular weight is 395 g/mol. The van der Waals surface area contributed by atoms with Crippen LogP contribution >= 0.6 is 12.4 Å². The second-order valence-corrected chi connectivity index (χ2v) is 6.28. The van der Waals surface area contributed by atoms with E-state index in [-0.39, 0.29) is 35.7 Å². The van der Waals surface area contributed by atoms with Crippen LogP contribution in [-0.2, 0) is 0 Å². The fourth-order valence-corrected chi connectivity index (χ4v) is 3.30. The van der Waals surface area contributed by atoms with Crippen LogP contribution in [0.4, 0.5) is 5.69 Å². The van der Waals surface area contributed by atoms with Gasteiger partial charge in [0.05, 0.1) is 4.92 Å². The van der Waals surface area contributed by atoms with Gasteiger partial charge in [-0.1, -0.05) is 6.92 Å². The molecule has 2 heterocycles. The number of hydrogen-bond acceptors (Lipinski definition) is 6. The van der Waals surface area contributed by atoms with E-state index in [4.69, 9.17) is 0 Å². The molecule has 1 aromatic carbocycles. The van der Waals surface area contributed by atoms with Crippen molar-refractivity contribution in [2.75, 3.05) is 19.6 Å². The lowest BCUT2D eigenvalue weighted by Gasteiger charge is -2.34. The summed E-state index contributed by atoms with van der Waals surface area (Å²) in [5.74, 6) is -0.160. The number of piperidine rings is 1. The number of carbonyl (C=O) groups is 1. The molecule has 146 valence electrons. The van der Waals surface area contributed by atoms with Gasteiger partial charge in [-0.15, -0.1) is 12.4 Å². The minimum atomic E-state index is -0.498. The SMILES string of the molecule is CCCN(C(=O)c1ccc(-n2cncn2)c([N+](=O)[O-])c1)C1CCNCC1.Cl. The first-order valence-corrected chi connectivity index (χ1v) is 8.77. The second kappa shape index (κ2) is 9.43. The highest BCUT2D eigenvalue weighted by molar-refractivity contribution is 5.95. The van der Waals surface area contributed by atoms with E-state index in [1.165, 1.54) is 23.4 Å². The number of rotatable bonds is 6. The van der Waals surface area contributed by atoms with Crippen molar-refractivity contribution in [3.8, 4) is 5.69 Å². The Balaban J connectivity index is 0.00000261. The lowest BCUT2D eigenvalue weighted by molar-refractivity contribution is -0.384. The molecule has 1 aliphatic heterocycles. The zero-order valence-corrected chi connectivity index (χ0v) is 15.9. The number of carbonyl (C=O) groups excluding carboxylic acids is 1. The van der Waals surface area contributed by atoms with Crippen molar-refractivity contribution in [1.82, 2.24) is 25.0 Å². The lowest BCUT2D eigenvalue weighted by Crippen LogP contribution is -2.46. The molecule has 0 aliphatic carbocycles. The van der Waals surface area contributed by atoms with Crippen LogP contribution in [0.15, 0.2) is 30.9 Å². The predicted octanol–water partition coefficient (Wildman–Crippen LogP) is 2.20. The molecule has 1 fully saturated rings. The Morgan fingerprint density at radius 3 is 2.74 bits per heavy atom. The van der Waals surface area contributed by atoms with Gasteiger partial charge in [0.2, 0.25) is 0 Å². The topological polar surface area (TPSA) is 106 Å². The van der Waals surface area contributed by atoms with Crippen LogP contribution in [0, 0.1) is 10.1 Å². The highest BCUT2D eigenvalue weighted by Gasteiger charge is 2.27. The summed E-state index contributed by atoms with van der Waals surface area (Å²) in [6.07, 6.45) is 5.33. The van der Waals surface area contributed by atoms with Gasteiger partial charge >= 0.3 is 0 Å². The van der Waals surface area contributed by atoms with Crippen molar-refractivity contribution in [3.05, 3.63) is 46.5 Å². The summed E-state index contributed by atoms with van der Waals surface area (Å²) in [5.41, 5.74) is 0.448. The molecular formula is C17H23ClN6O3. The summed E-state index contributed by atoms with van der Waals surface area (Å²) in [7, 11) is 0. The minimum absolute atomic E-state index is 0. The Bertz CT molecular complexity index is 777. The van der Waals surface area contributed by atoms with E-state index in [0.717, 1.165) is 32.4 Å². The van der Waals surface area contributed by atoms with Gasteiger partial charge in [-0.2, -0.15) is 5.10 Å². The fourth-order valence-electron chi connectivity index (χ4n) is 3.30. The molecule has 0 radical (unpaired) electrons. The maximum Gasteiger partial charge on any atom is 0.295 e. The number of nitrogens with zero attached hydrogens (tertiary/aromatic N) is 5. The van der Waals surface area contributed by atoms with Crippen LogP contribution < -0.4 is 5.32 Å². The fraction of sp³-hybridized carbons (Fsp3) is 0.471. The van der Waals surface area contributed by atoms with Crippen molar-refractivity contribution >= 4 is 24.0 Å². The normalized spacial score (nSPS) is 14.4. The van der Waals surface area contributed by atoms with Gasteiger partial charge in [-0.05, 0) is 44.5 Å². The quantitative estimate of drug-likeness (QED) is 0.594. The zero-order valence-electron chi connectivity index (χ0n) is 15.1. The first kappa shape index (κ1) is 20.8. The third-order valence-corrected chi connectivity index (χ3v) is 4.56. The molecule has 1 aromatic heterocycles. The van der Waals surface area contributed by atoms with E-state index in [9.17, 15) is 14.9 Å². The van der Waals surface area contributed by atoms with Gasteiger partial charge in [-0.3, -0.25) is 14.9 Å². The average Bonchev–Trinajstić information content (AvgIpc) is 3.20. The van der Waals surface area contributed by atoms with E-state index < -0.39 is 4.92 Å². The Hall–Kier alpha value is -2.52. The van der Waals surface area contributed by atoms with Crippen LogP contribution in [0.3, 0.4) is 0 Å². The summed E-state index contributed by atoms with van der Waals surface area (Å²) < 4.78 is 1.32. The molecule has 27 heavy (non-hydrogen) atoms. The van der Waals surface area contributed by atoms with E-state index in [2.05, 4.69) is 15.4 Å². The number of benzene rings is 1. The Morgan fingerprint density at radius 1 is 1.41 bits per heavy atom. The van der Waals surface area contributed by atoms with Crippen molar-refractivity contribution in [2.24, 2.45) is 0 Å². The Morgan fingerprint density at radius 2 is 2.15 bits per heavy atom. The summed E-state index contributed by atoms with van der Waals surface area (Å²) in [4.78, 5) is 29.7. The van der Waals surface area contributed by atoms with Crippen LogP contribution in [0.5, 0.6) is 0 Å². The van der Waals surface area contributed by atoms with Gasteiger partial charge in [-0.25, -0.2) is 9.67 Å². The van der Waals surface area contributed by atoms with Gasteiger partial charge < -0.3 is 10.2 Å². The molecule has 1 saturated heterocycles. The Labute approximate surface area is 163 Å². The summed E-state index contributed by atoms with van der Waals surface area (Å²) in [5, 5.41) is 18.7. The second-order valence-electron chi connectivity index (χ2n) is 6.28. The van der Waals surface area contributed by atoms with Crippen LogP contribution in [0.2, 0.25) is 0 Å². The lowest BCUT2D eigenvalue weighted by atomic mass is 10.0. The largest absolute Gasteiger partial charge is 0.336 e. The third-order valence-electron chi connectivity index (χ3n) is 4.56. The zero-order chi connectivity index (χ0) is 18.5. The van der Waals surface area contributed by atoms with Crippen molar-refractivity contribution < 1.29 is 9.72 Å². The molecule has 1 amide bonds. The van der Waals surface area contributed by atoms with E-state index >= 15 is 0 Å². The molecule has 1 N–H and O–H groups in total. The summed E-state index contributed by atoms with van der Waals surface area (Å²) >= 11 is 0. The van der Waals surface area contributed by atoms with E-state index in [1.54, 1.807) is 12.1 Å². The van der Waals surface area contributed by atoms with Crippen LogP contribution in [0.1, 0.15) is 36.5 Å². The smallest absolute Gasteiger partial charge is 0.295 e. The maximum atomic E-state index is 13.1. The molecule has 0 saturated carbocycles. The first-order chi connectivity index (χ1) is 12.6. The molecule has 3 rings (SSSR count). The van der Waals surface area contributed by atoms with Crippen molar-refractivity contribution in [1.29, 1.82) is 0 Å². The predicted molar refractivity (Wildman–Crippen MR) is 102 cm³/mol. The summed E-state index contributed by atoms with van der Waals surface area (Å²) in [6, 6.07) is 4.67. The molecule has 10 heteroatoms. The monoisotopic (exact) mass is 394 g/mol. The van der Waals surface area contributed by atoms with Crippen LogP contribution in [-0.4, -0.2) is 56.2 Å². The van der Waals surface area contributed by atoms with Gasteiger partial charge in [0, 0.05) is 24.2 Å². The number of hydrogen-bond donors (Lipinski definition) is 1. The number of halogens is 1. The number of nitro groups is 1. The Kier molecular flexibility index (Phi) is 7.26. The number of nitro benzene ring substituents is 1. The number of aromatic nitrogens is 3. The highest BCUT2D eigenvalue weighted by atomic mass is 35.5.